The van der Waals surface area contributed by atoms with Gasteiger partial charge < -0.3 is 15.0 Å². The van der Waals surface area contributed by atoms with Crippen LogP contribution in [0, 0.1) is 17.8 Å². The van der Waals surface area contributed by atoms with E-state index >= 15 is 0 Å². The summed E-state index contributed by atoms with van der Waals surface area (Å²) in [6.45, 7) is 9.09. The van der Waals surface area contributed by atoms with Crippen molar-refractivity contribution in [3.63, 3.8) is 0 Å². The van der Waals surface area contributed by atoms with Gasteiger partial charge in [-0.1, -0.05) is 35.6 Å². The van der Waals surface area contributed by atoms with E-state index in [1.54, 1.807) is 7.11 Å². The Bertz CT molecular complexity index is 1070. The van der Waals surface area contributed by atoms with Crippen molar-refractivity contribution in [1.29, 1.82) is 0 Å². The van der Waals surface area contributed by atoms with E-state index in [4.69, 9.17) is 17.0 Å². The molecule has 30 heavy (non-hydrogen) atoms. The molecular formula is C22H27N5OS2. The van der Waals surface area contributed by atoms with E-state index in [9.17, 15) is 0 Å². The van der Waals surface area contributed by atoms with Crippen molar-refractivity contribution in [3.8, 4) is 5.75 Å². The number of benzene rings is 2. The van der Waals surface area contributed by atoms with E-state index in [1.165, 1.54) is 28.2 Å². The molecule has 0 saturated carbocycles. The number of rotatable bonds is 6. The molecule has 1 aliphatic rings. The summed E-state index contributed by atoms with van der Waals surface area (Å²) < 4.78 is 8.08. The van der Waals surface area contributed by atoms with E-state index in [1.807, 2.05) is 28.9 Å². The normalized spacial score (nSPS) is 14.7. The molecule has 1 aliphatic heterocycles. The summed E-state index contributed by atoms with van der Waals surface area (Å²) >= 11 is 7.04. The van der Waals surface area contributed by atoms with Gasteiger partial charge in [0, 0.05) is 31.9 Å². The van der Waals surface area contributed by atoms with Crippen molar-refractivity contribution in [3.05, 3.63) is 57.5 Å². The molecule has 3 aromatic rings. The van der Waals surface area contributed by atoms with Crippen LogP contribution in [-0.4, -0.2) is 48.0 Å². The number of aryl methyl sites for hydroxylation is 1. The summed E-state index contributed by atoms with van der Waals surface area (Å²) in [5.74, 6) is 0.785. The quantitative estimate of drug-likeness (QED) is 0.553. The molecule has 1 fully saturated rings. The van der Waals surface area contributed by atoms with Crippen LogP contribution in [0.1, 0.15) is 11.1 Å². The Morgan fingerprint density at radius 2 is 1.83 bits per heavy atom. The molecule has 0 radical (unpaired) electrons. The minimum Gasteiger partial charge on any atom is -0.495 e. The zero-order valence-corrected chi connectivity index (χ0v) is 19.2. The van der Waals surface area contributed by atoms with E-state index in [0.29, 0.717) is 6.67 Å². The number of methoxy groups -OCH3 is 1. The Hall–Kier alpha value is -2.42. The topological polar surface area (TPSA) is 45.6 Å². The van der Waals surface area contributed by atoms with Crippen molar-refractivity contribution in [2.24, 2.45) is 0 Å². The van der Waals surface area contributed by atoms with Crippen LogP contribution in [0.5, 0.6) is 5.75 Å². The first-order valence-electron chi connectivity index (χ1n) is 10.1. The Kier molecular flexibility index (Phi) is 6.36. The van der Waals surface area contributed by atoms with Crippen molar-refractivity contribution in [1.82, 2.24) is 14.7 Å². The fraction of sp³-hybridized carbons (Fsp3) is 0.364. The van der Waals surface area contributed by atoms with Gasteiger partial charge in [-0.3, -0.25) is 4.90 Å². The second kappa shape index (κ2) is 9.16. The van der Waals surface area contributed by atoms with E-state index in [-0.39, 0.29) is 0 Å². The summed E-state index contributed by atoms with van der Waals surface area (Å²) in [6, 6.07) is 14.4. The number of anilines is 3. The molecule has 0 aliphatic carbocycles. The van der Waals surface area contributed by atoms with Gasteiger partial charge in [-0.05, 0) is 55.4 Å². The third kappa shape index (κ3) is 4.50. The van der Waals surface area contributed by atoms with Gasteiger partial charge in [0.2, 0.25) is 5.13 Å². The lowest BCUT2D eigenvalue weighted by atomic mass is 10.1. The minimum atomic E-state index is 0.712. The average molecular weight is 442 g/mol. The zero-order chi connectivity index (χ0) is 21.1. The summed E-state index contributed by atoms with van der Waals surface area (Å²) in [5.41, 5.74) is 4.96. The maximum Gasteiger partial charge on any atom is 0.209 e. The third-order valence-electron chi connectivity index (χ3n) is 5.58. The number of nitrogens with one attached hydrogen (secondary N) is 1. The molecule has 2 aromatic carbocycles. The molecule has 158 valence electrons. The summed E-state index contributed by atoms with van der Waals surface area (Å²) in [4.78, 5) is 4.89. The monoisotopic (exact) mass is 441 g/mol. The maximum absolute atomic E-state index is 5.56. The van der Waals surface area contributed by atoms with E-state index in [0.717, 1.165) is 46.7 Å². The number of para-hydroxylation sites is 2. The first-order valence-corrected chi connectivity index (χ1v) is 11.3. The van der Waals surface area contributed by atoms with Crippen molar-refractivity contribution in [2.45, 2.75) is 20.5 Å². The van der Waals surface area contributed by atoms with Gasteiger partial charge in [-0.15, -0.1) is 5.10 Å². The predicted molar refractivity (Wildman–Crippen MR) is 127 cm³/mol. The van der Waals surface area contributed by atoms with Crippen molar-refractivity contribution >= 4 is 40.1 Å². The fourth-order valence-electron chi connectivity index (χ4n) is 3.71. The lowest BCUT2D eigenvalue weighted by molar-refractivity contribution is 0.195. The highest BCUT2D eigenvalue weighted by molar-refractivity contribution is 7.73. The fourth-order valence-corrected chi connectivity index (χ4v) is 4.71. The van der Waals surface area contributed by atoms with Crippen LogP contribution in [0.4, 0.5) is 16.5 Å². The summed E-state index contributed by atoms with van der Waals surface area (Å²) in [6.07, 6.45) is 0. The Balaban J connectivity index is 1.39. The molecule has 0 bridgehead atoms. The average Bonchev–Trinajstić information content (AvgIpc) is 3.10. The van der Waals surface area contributed by atoms with Crippen molar-refractivity contribution in [2.75, 3.05) is 43.5 Å². The highest BCUT2D eigenvalue weighted by Crippen LogP contribution is 2.28. The van der Waals surface area contributed by atoms with Crippen LogP contribution in [0.3, 0.4) is 0 Å². The summed E-state index contributed by atoms with van der Waals surface area (Å²) in [5, 5.41) is 8.79. The Labute approximate surface area is 186 Å². The third-order valence-corrected chi connectivity index (χ3v) is 6.80. The number of hydrogen-bond acceptors (Lipinski definition) is 7. The standard InChI is InChI=1S/C22H27N5OS2/c1-16-7-6-9-19(17(16)2)26-13-11-25(12-14-26)15-27-22(29)30-21(24-27)23-18-8-4-5-10-20(18)28-3/h4-10H,11-15H2,1-3H3,(H,23,24). The number of piperazine rings is 1. The smallest absolute Gasteiger partial charge is 0.209 e. The van der Waals surface area contributed by atoms with Crippen LogP contribution in [0.25, 0.3) is 0 Å². The van der Waals surface area contributed by atoms with Gasteiger partial charge in [0.15, 0.2) is 3.95 Å². The van der Waals surface area contributed by atoms with Gasteiger partial charge in [0.05, 0.1) is 19.5 Å². The van der Waals surface area contributed by atoms with Gasteiger partial charge in [-0.2, -0.15) is 0 Å². The molecule has 2 heterocycles. The molecule has 0 unspecified atom stereocenters. The largest absolute Gasteiger partial charge is 0.495 e. The molecule has 1 aromatic heterocycles. The predicted octanol–water partition coefficient (Wildman–Crippen LogP) is 4.82. The van der Waals surface area contributed by atoms with Crippen LogP contribution in [0.15, 0.2) is 42.5 Å². The van der Waals surface area contributed by atoms with Crippen LogP contribution < -0.4 is 15.0 Å². The minimum absolute atomic E-state index is 0.712. The first kappa shape index (κ1) is 20.8. The molecule has 0 amide bonds. The highest BCUT2D eigenvalue weighted by Gasteiger charge is 2.20. The molecule has 4 rings (SSSR count). The molecule has 0 spiro atoms. The molecule has 6 nitrogen and oxygen atoms in total. The Morgan fingerprint density at radius 1 is 1.07 bits per heavy atom. The number of hydrogen-bond donors (Lipinski definition) is 1. The van der Waals surface area contributed by atoms with E-state index in [2.05, 4.69) is 52.3 Å². The Morgan fingerprint density at radius 3 is 2.60 bits per heavy atom. The second-order valence-corrected chi connectivity index (χ2v) is 9.09. The SMILES string of the molecule is COc1ccccc1Nc1nn(CN2CCN(c3cccc(C)c3C)CC2)c(=S)s1. The van der Waals surface area contributed by atoms with Gasteiger partial charge >= 0.3 is 0 Å². The first-order chi connectivity index (χ1) is 14.5. The van der Waals surface area contributed by atoms with Crippen LogP contribution in [-0.2, 0) is 6.67 Å². The lowest BCUT2D eigenvalue weighted by Crippen LogP contribution is -2.47. The lowest BCUT2D eigenvalue weighted by Gasteiger charge is -2.36. The van der Waals surface area contributed by atoms with E-state index < -0.39 is 0 Å². The second-order valence-electron chi connectivity index (χ2n) is 7.46. The highest BCUT2D eigenvalue weighted by atomic mass is 32.1. The van der Waals surface area contributed by atoms with Gasteiger partial charge in [0.1, 0.15) is 5.75 Å². The molecular weight excluding hydrogens is 414 g/mol. The zero-order valence-electron chi connectivity index (χ0n) is 17.6. The maximum atomic E-state index is 5.56. The van der Waals surface area contributed by atoms with Gasteiger partial charge in [0.25, 0.3) is 0 Å². The van der Waals surface area contributed by atoms with Gasteiger partial charge in [-0.25, -0.2) is 4.68 Å². The number of aromatic nitrogens is 2. The number of nitrogens with zero attached hydrogens (tertiary/aromatic N) is 4. The van der Waals surface area contributed by atoms with Crippen LogP contribution in [0.2, 0.25) is 0 Å². The van der Waals surface area contributed by atoms with Crippen LogP contribution >= 0.6 is 23.6 Å². The summed E-state index contributed by atoms with van der Waals surface area (Å²) in [7, 11) is 1.67. The molecule has 1 N–H and O–H groups in total. The molecule has 1 saturated heterocycles. The molecule has 0 atom stereocenters. The van der Waals surface area contributed by atoms with Crippen molar-refractivity contribution < 1.29 is 4.74 Å². The number of ether oxygens (including phenoxy) is 1. The molecule has 8 heteroatoms.